The zero-order chi connectivity index (χ0) is 17.5. The molecule has 0 saturated carbocycles. The fourth-order valence-electron chi connectivity index (χ4n) is 3.30. The van der Waals surface area contributed by atoms with Crippen molar-refractivity contribution < 1.29 is 5.11 Å². The summed E-state index contributed by atoms with van der Waals surface area (Å²) in [6.45, 7) is 4.84. The maximum absolute atomic E-state index is 9.65. The first-order chi connectivity index (χ1) is 11.8. The Bertz CT molecular complexity index is 339. The van der Waals surface area contributed by atoms with E-state index >= 15 is 0 Å². The number of rotatable bonds is 15. The Morgan fingerprint density at radius 3 is 2.08 bits per heavy atom. The van der Waals surface area contributed by atoms with Crippen LogP contribution in [0, 0.1) is 0 Å². The highest BCUT2D eigenvalue weighted by atomic mass is 16.3. The van der Waals surface area contributed by atoms with Gasteiger partial charge >= 0.3 is 0 Å². The predicted molar refractivity (Wildman–Crippen MR) is 106 cm³/mol. The molecular formula is C21H40N2O. The normalized spacial score (nSPS) is 19.5. The Hall–Kier alpha value is -0.670. The molecule has 1 aliphatic heterocycles. The van der Waals surface area contributed by atoms with Gasteiger partial charge in [-0.25, -0.2) is 4.90 Å². The molecule has 0 aromatic heterocycles. The van der Waals surface area contributed by atoms with Crippen molar-refractivity contribution in [3.05, 3.63) is 12.2 Å². The molecule has 2 atom stereocenters. The summed E-state index contributed by atoms with van der Waals surface area (Å²) in [7, 11) is 0. The highest BCUT2D eigenvalue weighted by molar-refractivity contribution is 5.62. The third-order valence-corrected chi connectivity index (χ3v) is 4.90. The minimum Gasteiger partial charge on any atom is -0.379 e. The Morgan fingerprint density at radius 2 is 1.54 bits per heavy atom. The standard InChI is InChI=1S/C21H40N2O/c1-3-4-5-6-7-8-9-10-11-12-13-14-15-16-17-21-22-18-19-23(21)20(2)24/h16-18,20-21,24H,3-15,19H2,1-2H3/b17-16+. The van der Waals surface area contributed by atoms with E-state index in [0.717, 1.165) is 13.0 Å². The Balaban J connectivity index is 1.85. The average molecular weight is 337 g/mol. The van der Waals surface area contributed by atoms with E-state index in [1.807, 2.05) is 11.1 Å². The van der Waals surface area contributed by atoms with Gasteiger partial charge in [-0.15, -0.1) is 0 Å². The molecule has 3 heteroatoms. The molecule has 3 nitrogen and oxygen atoms in total. The molecule has 0 aliphatic carbocycles. The molecule has 1 aliphatic rings. The predicted octanol–water partition coefficient (Wildman–Crippen LogP) is 5.68. The highest BCUT2D eigenvalue weighted by Gasteiger charge is 2.21. The molecule has 1 heterocycles. The van der Waals surface area contributed by atoms with Gasteiger partial charge in [-0.3, -0.25) is 4.99 Å². The lowest BCUT2D eigenvalue weighted by molar-refractivity contribution is 0.0214. The molecule has 0 aromatic rings. The molecule has 0 spiro atoms. The summed E-state index contributed by atoms with van der Waals surface area (Å²) >= 11 is 0. The van der Waals surface area contributed by atoms with Gasteiger partial charge in [-0.05, 0) is 25.8 Å². The van der Waals surface area contributed by atoms with E-state index in [0.29, 0.717) is 0 Å². The number of unbranched alkanes of at least 4 members (excludes halogenated alkanes) is 12. The molecule has 24 heavy (non-hydrogen) atoms. The molecule has 0 saturated heterocycles. The summed E-state index contributed by atoms with van der Waals surface area (Å²) in [6, 6.07) is 0. The van der Waals surface area contributed by atoms with Gasteiger partial charge in [0.1, 0.15) is 12.4 Å². The quantitative estimate of drug-likeness (QED) is 0.308. The van der Waals surface area contributed by atoms with Crippen LogP contribution in [-0.2, 0) is 0 Å². The fraction of sp³-hybridized carbons (Fsp3) is 0.857. The summed E-state index contributed by atoms with van der Waals surface area (Å²) in [5.41, 5.74) is 0. The number of allylic oxidation sites excluding steroid dienone is 1. The number of hydrogen-bond acceptors (Lipinski definition) is 3. The first-order valence-electron chi connectivity index (χ1n) is 10.4. The Kier molecular flexibility index (Phi) is 13.1. The van der Waals surface area contributed by atoms with Gasteiger partial charge in [-0.2, -0.15) is 0 Å². The van der Waals surface area contributed by atoms with Gasteiger partial charge < -0.3 is 5.11 Å². The lowest BCUT2D eigenvalue weighted by Gasteiger charge is -2.23. The monoisotopic (exact) mass is 336 g/mol. The maximum Gasteiger partial charge on any atom is 0.122 e. The van der Waals surface area contributed by atoms with Crippen LogP contribution in [0.3, 0.4) is 0 Å². The Morgan fingerprint density at radius 1 is 1.00 bits per heavy atom. The first-order valence-corrected chi connectivity index (χ1v) is 10.4. The van der Waals surface area contributed by atoms with Gasteiger partial charge in [0.05, 0.1) is 0 Å². The second kappa shape index (κ2) is 14.7. The van der Waals surface area contributed by atoms with Crippen molar-refractivity contribution in [3.63, 3.8) is 0 Å². The van der Waals surface area contributed by atoms with Gasteiger partial charge in [-0.1, -0.05) is 83.6 Å². The van der Waals surface area contributed by atoms with Crippen molar-refractivity contribution >= 4 is 6.21 Å². The lowest BCUT2D eigenvalue weighted by Crippen LogP contribution is -2.36. The number of aliphatic hydroxyl groups is 1. The fourth-order valence-corrected chi connectivity index (χ4v) is 3.30. The van der Waals surface area contributed by atoms with Crippen molar-refractivity contribution in [2.45, 2.75) is 110 Å². The number of nitrogens with zero attached hydrogens (tertiary/aromatic N) is 2. The van der Waals surface area contributed by atoms with Gasteiger partial charge in [0.2, 0.25) is 0 Å². The minimum absolute atomic E-state index is 0.0438. The molecular weight excluding hydrogens is 296 g/mol. The molecule has 0 aromatic carbocycles. The van der Waals surface area contributed by atoms with Crippen LogP contribution >= 0.6 is 0 Å². The molecule has 140 valence electrons. The van der Waals surface area contributed by atoms with E-state index in [4.69, 9.17) is 0 Å². The van der Waals surface area contributed by atoms with E-state index in [2.05, 4.69) is 24.1 Å². The summed E-state index contributed by atoms with van der Waals surface area (Å²) < 4.78 is 0. The summed E-state index contributed by atoms with van der Waals surface area (Å²) in [6.07, 6.45) is 23.8. The molecule has 0 amide bonds. The molecule has 0 fully saturated rings. The molecule has 2 unspecified atom stereocenters. The van der Waals surface area contributed by atoms with Crippen LogP contribution in [0.5, 0.6) is 0 Å². The van der Waals surface area contributed by atoms with Gasteiger partial charge in [0, 0.05) is 12.8 Å². The van der Waals surface area contributed by atoms with E-state index in [9.17, 15) is 5.11 Å². The minimum atomic E-state index is -0.422. The number of hydrogen-bond donors (Lipinski definition) is 1. The van der Waals surface area contributed by atoms with Crippen LogP contribution in [0.1, 0.15) is 97.3 Å². The zero-order valence-electron chi connectivity index (χ0n) is 16.1. The van der Waals surface area contributed by atoms with Crippen LogP contribution < -0.4 is 0 Å². The summed E-state index contributed by atoms with van der Waals surface area (Å²) in [4.78, 5) is 6.38. The number of aliphatic hydroxyl groups excluding tert-OH is 1. The van der Waals surface area contributed by atoms with Crippen molar-refractivity contribution in [2.75, 3.05) is 6.54 Å². The van der Waals surface area contributed by atoms with E-state index in [1.54, 1.807) is 6.92 Å². The molecule has 0 radical (unpaired) electrons. The second-order valence-corrected chi connectivity index (χ2v) is 7.18. The van der Waals surface area contributed by atoms with Crippen LogP contribution in [0.15, 0.2) is 17.1 Å². The van der Waals surface area contributed by atoms with Crippen LogP contribution in [-0.4, -0.2) is 35.2 Å². The van der Waals surface area contributed by atoms with Crippen LogP contribution in [0.25, 0.3) is 0 Å². The van der Waals surface area contributed by atoms with E-state index in [-0.39, 0.29) is 6.17 Å². The maximum atomic E-state index is 9.65. The summed E-state index contributed by atoms with van der Waals surface area (Å²) in [5.74, 6) is 0. The molecule has 0 bridgehead atoms. The van der Waals surface area contributed by atoms with E-state index in [1.165, 1.54) is 77.0 Å². The second-order valence-electron chi connectivity index (χ2n) is 7.18. The van der Waals surface area contributed by atoms with E-state index < -0.39 is 6.23 Å². The van der Waals surface area contributed by atoms with Crippen LogP contribution in [0.2, 0.25) is 0 Å². The Labute approximate surface area is 150 Å². The van der Waals surface area contributed by atoms with Crippen molar-refractivity contribution in [1.29, 1.82) is 0 Å². The third kappa shape index (κ3) is 10.2. The largest absolute Gasteiger partial charge is 0.379 e. The summed E-state index contributed by atoms with van der Waals surface area (Å²) in [5, 5.41) is 9.65. The topological polar surface area (TPSA) is 35.8 Å². The van der Waals surface area contributed by atoms with Crippen molar-refractivity contribution in [3.8, 4) is 0 Å². The first kappa shape index (κ1) is 21.4. The van der Waals surface area contributed by atoms with Gasteiger partial charge in [0.15, 0.2) is 0 Å². The number of aliphatic imine (C=N–C) groups is 1. The lowest BCUT2D eigenvalue weighted by atomic mass is 10.0. The van der Waals surface area contributed by atoms with Gasteiger partial charge in [0.25, 0.3) is 0 Å². The molecule has 1 rings (SSSR count). The molecule has 1 N–H and O–H groups in total. The SMILES string of the molecule is CCCCCCCCCCCCCC/C=C/C1N=CCN1C(C)O. The average Bonchev–Trinajstić information content (AvgIpc) is 3.04. The van der Waals surface area contributed by atoms with Crippen LogP contribution in [0.4, 0.5) is 0 Å². The van der Waals surface area contributed by atoms with Crippen molar-refractivity contribution in [1.82, 2.24) is 4.90 Å². The third-order valence-electron chi connectivity index (χ3n) is 4.90. The van der Waals surface area contributed by atoms with Crippen molar-refractivity contribution in [2.24, 2.45) is 4.99 Å². The zero-order valence-corrected chi connectivity index (χ0v) is 16.1. The smallest absolute Gasteiger partial charge is 0.122 e. The highest BCUT2D eigenvalue weighted by Crippen LogP contribution is 2.14.